The van der Waals surface area contributed by atoms with Crippen LogP contribution in [0.5, 0.6) is 5.75 Å². The number of hydrogen-bond acceptors (Lipinski definition) is 3. The number of nitrogens with zero attached hydrogens (tertiary/aromatic N) is 2. The first kappa shape index (κ1) is 17.1. The number of ether oxygens (including phenoxy) is 1. The van der Waals surface area contributed by atoms with Crippen molar-refractivity contribution in [3.8, 4) is 17.0 Å². The summed E-state index contributed by atoms with van der Waals surface area (Å²) < 4.78 is 5.93. The highest BCUT2D eigenvalue weighted by Crippen LogP contribution is 2.35. The third-order valence-electron chi connectivity index (χ3n) is 5.45. The van der Waals surface area contributed by atoms with E-state index < -0.39 is 0 Å². The Hall–Kier alpha value is -2.30. The number of H-pyrrole nitrogens is 1. The molecule has 1 aromatic carbocycles. The smallest absolute Gasteiger partial charge is 0.223 e. The van der Waals surface area contributed by atoms with Crippen LogP contribution in [-0.4, -0.2) is 39.5 Å². The molecule has 1 aliphatic carbocycles. The molecule has 138 valence electrons. The van der Waals surface area contributed by atoms with Gasteiger partial charge in [-0.3, -0.25) is 4.79 Å². The summed E-state index contributed by atoms with van der Waals surface area (Å²) in [7, 11) is 0. The van der Waals surface area contributed by atoms with Crippen molar-refractivity contribution in [1.82, 2.24) is 14.9 Å². The van der Waals surface area contributed by atoms with Crippen molar-refractivity contribution in [3.63, 3.8) is 0 Å². The fourth-order valence-electron chi connectivity index (χ4n) is 4.21. The van der Waals surface area contributed by atoms with E-state index in [-0.39, 0.29) is 17.9 Å². The highest BCUT2D eigenvalue weighted by molar-refractivity contribution is 5.80. The van der Waals surface area contributed by atoms with Crippen molar-refractivity contribution in [2.24, 2.45) is 0 Å². The molecule has 1 aromatic heterocycles. The second-order valence-corrected chi connectivity index (χ2v) is 7.73. The van der Waals surface area contributed by atoms with Gasteiger partial charge in [-0.1, -0.05) is 25.0 Å². The van der Waals surface area contributed by atoms with Gasteiger partial charge in [-0.2, -0.15) is 0 Å². The molecule has 1 saturated carbocycles. The molecule has 1 atom stereocenters. The minimum atomic E-state index is 0.117. The number of amides is 1. The summed E-state index contributed by atoms with van der Waals surface area (Å²) in [6.07, 6.45) is 7.34. The van der Waals surface area contributed by atoms with Gasteiger partial charge in [-0.05, 0) is 38.8 Å². The average molecular weight is 353 g/mol. The molecule has 1 N–H and O–H groups in total. The van der Waals surface area contributed by atoms with Crippen LogP contribution < -0.4 is 4.74 Å². The predicted molar refractivity (Wildman–Crippen MR) is 101 cm³/mol. The van der Waals surface area contributed by atoms with Gasteiger partial charge in [0.05, 0.1) is 18.0 Å². The van der Waals surface area contributed by atoms with Crippen LogP contribution in [-0.2, 0) is 4.79 Å². The van der Waals surface area contributed by atoms with Crippen molar-refractivity contribution in [2.45, 2.75) is 64.0 Å². The number of nitrogens with one attached hydrogen (secondary N) is 1. The summed E-state index contributed by atoms with van der Waals surface area (Å²) in [5, 5.41) is 0. The SMILES string of the molecule is CC(C)Oc1ccccc1-c1cnc(C2CC(=O)N(C3CCCC3)C2)[nH]1. The van der Waals surface area contributed by atoms with Gasteiger partial charge in [0, 0.05) is 30.5 Å². The lowest BCUT2D eigenvalue weighted by Crippen LogP contribution is -2.34. The largest absolute Gasteiger partial charge is 0.490 e. The number of benzene rings is 1. The minimum Gasteiger partial charge on any atom is -0.490 e. The van der Waals surface area contributed by atoms with Crippen molar-refractivity contribution < 1.29 is 9.53 Å². The molecule has 1 unspecified atom stereocenters. The lowest BCUT2D eigenvalue weighted by Gasteiger charge is -2.23. The molecule has 0 radical (unpaired) electrons. The Bertz CT molecular complexity index is 777. The number of likely N-dealkylation sites (tertiary alicyclic amines) is 1. The molecule has 4 rings (SSSR count). The summed E-state index contributed by atoms with van der Waals surface area (Å²) in [5.74, 6) is 2.21. The summed E-state index contributed by atoms with van der Waals surface area (Å²) >= 11 is 0. The number of hydrogen-bond donors (Lipinski definition) is 1. The fraction of sp³-hybridized carbons (Fsp3) is 0.524. The molecular formula is C21H27N3O2. The molecule has 26 heavy (non-hydrogen) atoms. The molecule has 2 aromatic rings. The van der Waals surface area contributed by atoms with E-state index in [0.29, 0.717) is 12.5 Å². The molecule has 0 spiro atoms. The highest BCUT2D eigenvalue weighted by Gasteiger charge is 2.37. The Morgan fingerprint density at radius 1 is 1.23 bits per heavy atom. The van der Waals surface area contributed by atoms with Crippen LogP contribution >= 0.6 is 0 Å². The molecule has 1 saturated heterocycles. The number of aromatic nitrogens is 2. The van der Waals surface area contributed by atoms with Crippen molar-refractivity contribution in [2.75, 3.05) is 6.54 Å². The van der Waals surface area contributed by atoms with E-state index in [0.717, 1.165) is 42.2 Å². The van der Waals surface area contributed by atoms with E-state index in [1.807, 2.05) is 44.3 Å². The van der Waals surface area contributed by atoms with E-state index in [1.54, 1.807) is 0 Å². The molecule has 5 nitrogen and oxygen atoms in total. The van der Waals surface area contributed by atoms with E-state index >= 15 is 0 Å². The summed E-state index contributed by atoms with van der Waals surface area (Å²) in [6.45, 7) is 4.84. The Labute approximate surface area is 154 Å². The first-order chi connectivity index (χ1) is 12.6. The first-order valence-electron chi connectivity index (χ1n) is 9.72. The highest BCUT2D eigenvalue weighted by atomic mass is 16.5. The van der Waals surface area contributed by atoms with E-state index in [4.69, 9.17) is 4.74 Å². The van der Waals surface area contributed by atoms with Crippen molar-refractivity contribution in [1.29, 1.82) is 0 Å². The van der Waals surface area contributed by atoms with E-state index in [1.165, 1.54) is 12.8 Å². The maximum atomic E-state index is 12.5. The topological polar surface area (TPSA) is 58.2 Å². The van der Waals surface area contributed by atoms with Crippen LogP contribution in [0.3, 0.4) is 0 Å². The molecule has 0 bridgehead atoms. The molecule has 2 heterocycles. The lowest BCUT2D eigenvalue weighted by atomic mass is 10.1. The number of carbonyl (C=O) groups excluding carboxylic acids is 1. The van der Waals surface area contributed by atoms with Crippen LogP contribution in [0.4, 0.5) is 0 Å². The van der Waals surface area contributed by atoms with Gasteiger partial charge < -0.3 is 14.6 Å². The number of para-hydroxylation sites is 1. The number of carbonyl (C=O) groups is 1. The zero-order valence-electron chi connectivity index (χ0n) is 15.6. The normalized spacial score (nSPS) is 21.1. The molecular weight excluding hydrogens is 326 g/mol. The van der Waals surface area contributed by atoms with Crippen molar-refractivity contribution in [3.05, 3.63) is 36.3 Å². The maximum absolute atomic E-state index is 12.5. The Kier molecular flexibility index (Phi) is 4.70. The van der Waals surface area contributed by atoms with Crippen LogP contribution in [0.25, 0.3) is 11.3 Å². The Morgan fingerprint density at radius 3 is 2.77 bits per heavy atom. The number of imidazole rings is 1. The molecule has 1 aliphatic heterocycles. The van der Waals surface area contributed by atoms with E-state index in [2.05, 4.69) is 14.9 Å². The standard InChI is InChI=1S/C21H27N3O2/c1-14(2)26-19-10-6-5-9-17(19)18-12-22-21(23-18)15-11-20(25)24(13-15)16-7-3-4-8-16/h5-6,9-10,12,14-16H,3-4,7-8,11,13H2,1-2H3,(H,22,23). The van der Waals surface area contributed by atoms with Crippen LogP contribution in [0, 0.1) is 0 Å². The van der Waals surface area contributed by atoms with Gasteiger partial charge in [0.25, 0.3) is 0 Å². The average Bonchev–Trinajstić information content (AvgIpc) is 3.35. The second-order valence-electron chi connectivity index (χ2n) is 7.73. The van der Waals surface area contributed by atoms with Gasteiger partial charge >= 0.3 is 0 Å². The Balaban J connectivity index is 1.53. The number of aromatic amines is 1. The van der Waals surface area contributed by atoms with Crippen LogP contribution in [0.15, 0.2) is 30.5 Å². The van der Waals surface area contributed by atoms with Crippen LogP contribution in [0.1, 0.15) is 57.7 Å². The predicted octanol–water partition coefficient (Wildman–Crippen LogP) is 4.12. The molecule has 1 amide bonds. The zero-order valence-corrected chi connectivity index (χ0v) is 15.6. The van der Waals surface area contributed by atoms with Gasteiger partial charge in [-0.25, -0.2) is 4.98 Å². The summed E-state index contributed by atoms with van der Waals surface area (Å²) in [5.41, 5.74) is 1.96. The van der Waals surface area contributed by atoms with Gasteiger partial charge in [0.15, 0.2) is 0 Å². The molecule has 2 fully saturated rings. The van der Waals surface area contributed by atoms with E-state index in [9.17, 15) is 4.79 Å². The fourth-order valence-corrected chi connectivity index (χ4v) is 4.21. The third kappa shape index (κ3) is 3.35. The monoisotopic (exact) mass is 353 g/mol. The zero-order chi connectivity index (χ0) is 18.1. The maximum Gasteiger partial charge on any atom is 0.223 e. The van der Waals surface area contributed by atoms with Gasteiger partial charge in [0.2, 0.25) is 5.91 Å². The third-order valence-corrected chi connectivity index (χ3v) is 5.45. The number of rotatable bonds is 5. The molecule has 2 aliphatic rings. The quantitative estimate of drug-likeness (QED) is 0.879. The second kappa shape index (κ2) is 7.14. The Morgan fingerprint density at radius 2 is 2.00 bits per heavy atom. The lowest BCUT2D eigenvalue weighted by molar-refractivity contribution is -0.129. The van der Waals surface area contributed by atoms with Crippen LogP contribution in [0.2, 0.25) is 0 Å². The van der Waals surface area contributed by atoms with Crippen molar-refractivity contribution >= 4 is 5.91 Å². The summed E-state index contributed by atoms with van der Waals surface area (Å²) in [4.78, 5) is 22.6. The van der Waals surface area contributed by atoms with Gasteiger partial charge in [0.1, 0.15) is 11.6 Å². The first-order valence-corrected chi connectivity index (χ1v) is 9.72. The molecule has 5 heteroatoms. The minimum absolute atomic E-state index is 0.117. The summed E-state index contributed by atoms with van der Waals surface area (Å²) in [6, 6.07) is 8.45. The van der Waals surface area contributed by atoms with Gasteiger partial charge in [-0.15, -0.1) is 0 Å².